The molecule has 2 atom stereocenters. The molecule has 0 aliphatic heterocycles. The number of hydrogen-bond donors (Lipinski definition) is 2. The van der Waals surface area contributed by atoms with E-state index < -0.39 is 29.9 Å². The second-order valence-electron chi connectivity index (χ2n) is 7.01. The Balaban J connectivity index is 2.01. The lowest BCUT2D eigenvalue weighted by Gasteiger charge is -2.23. The van der Waals surface area contributed by atoms with Gasteiger partial charge in [0.25, 0.3) is 11.8 Å². The number of amides is 2. The number of carbonyl (C=O) groups excluding carboxylic acids is 3. The average molecular weight is 386 g/mol. The van der Waals surface area contributed by atoms with Crippen molar-refractivity contribution >= 4 is 23.5 Å². The molecule has 7 nitrogen and oxygen atoms in total. The Kier molecular flexibility index (Phi) is 6.98. The number of hydrogen-bond acceptors (Lipinski definition) is 5. The highest BCUT2D eigenvalue weighted by Crippen LogP contribution is 2.20. The van der Waals surface area contributed by atoms with Crippen LogP contribution in [0.2, 0.25) is 0 Å². The summed E-state index contributed by atoms with van der Waals surface area (Å²) in [5.74, 6) is -1.78. The molecule has 2 aromatic rings. The second kappa shape index (κ2) is 9.21. The number of nitrogens with one attached hydrogen (secondary N) is 2. The quantitative estimate of drug-likeness (QED) is 0.712. The summed E-state index contributed by atoms with van der Waals surface area (Å²) >= 11 is 0. The summed E-state index contributed by atoms with van der Waals surface area (Å²) < 4.78 is 10.3. The Hall–Kier alpha value is -3.09. The lowest BCUT2D eigenvalue weighted by Crippen LogP contribution is -2.47. The Morgan fingerprint density at radius 3 is 2.18 bits per heavy atom. The molecule has 28 heavy (non-hydrogen) atoms. The van der Waals surface area contributed by atoms with Crippen molar-refractivity contribution in [2.45, 2.75) is 46.8 Å². The molecule has 0 spiro atoms. The Morgan fingerprint density at radius 1 is 1.00 bits per heavy atom. The van der Waals surface area contributed by atoms with Crippen LogP contribution in [0.3, 0.4) is 0 Å². The predicted molar refractivity (Wildman–Crippen MR) is 105 cm³/mol. The molecular weight excluding hydrogens is 360 g/mol. The van der Waals surface area contributed by atoms with Crippen molar-refractivity contribution < 1.29 is 23.5 Å². The molecule has 2 rings (SSSR count). The molecule has 1 aromatic carbocycles. The fourth-order valence-electron chi connectivity index (χ4n) is 2.66. The summed E-state index contributed by atoms with van der Waals surface area (Å²) in [5, 5.41) is 5.39. The summed E-state index contributed by atoms with van der Waals surface area (Å²) in [7, 11) is 0. The van der Waals surface area contributed by atoms with Gasteiger partial charge in [-0.25, -0.2) is 4.79 Å². The molecule has 0 saturated heterocycles. The van der Waals surface area contributed by atoms with Gasteiger partial charge in [0, 0.05) is 5.69 Å². The number of esters is 1. The zero-order valence-electron chi connectivity index (χ0n) is 16.7. The van der Waals surface area contributed by atoms with Crippen LogP contribution in [0.1, 0.15) is 42.5 Å². The molecule has 1 aromatic heterocycles. The predicted octanol–water partition coefficient (Wildman–Crippen LogP) is 3.22. The number of ether oxygens (including phenoxy) is 1. The van der Waals surface area contributed by atoms with Gasteiger partial charge < -0.3 is 19.8 Å². The number of para-hydroxylation sites is 1. The van der Waals surface area contributed by atoms with Gasteiger partial charge in [0.2, 0.25) is 0 Å². The molecule has 7 heteroatoms. The molecule has 0 fully saturated rings. The van der Waals surface area contributed by atoms with Gasteiger partial charge in [0.15, 0.2) is 11.9 Å². The molecule has 0 aliphatic rings. The third kappa shape index (κ3) is 5.22. The molecule has 0 bridgehead atoms. The van der Waals surface area contributed by atoms with Crippen molar-refractivity contribution in [2.75, 3.05) is 5.32 Å². The summed E-state index contributed by atoms with van der Waals surface area (Å²) in [6.07, 6.45) is 0.352. The summed E-state index contributed by atoms with van der Waals surface area (Å²) in [4.78, 5) is 37.2. The molecule has 2 amide bonds. The van der Waals surface area contributed by atoms with Crippen molar-refractivity contribution in [3.05, 3.63) is 53.5 Å². The maximum atomic E-state index is 12.5. The van der Waals surface area contributed by atoms with Gasteiger partial charge in [-0.05, 0) is 49.9 Å². The molecule has 2 N–H and O–H groups in total. The smallest absolute Gasteiger partial charge is 0.329 e. The summed E-state index contributed by atoms with van der Waals surface area (Å²) in [6, 6.07) is 7.85. The maximum Gasteiger partial charge on any atom is 0.329 e. The average Bonchev–Trinajstić information content (AvgIpc) is 3.16. The first-order valence-corrected chi connectivity index (χ1v) is 9.12. The Morgan fingerprint density at radius 2 is 1.64 bits per heavy atom. The highest BCUT2D eigenvalue weighted by Gasteiger charge is 2.30. The van der Waals surface area contributed by atoms with E-state index in [1.807, 2.05) is 32.0 Å². The van der Waals surface area contributed by atoms with Gasteiger partial charge >= 0.3 is 5.97 Å². The van der Waals surface area contributed by atoms with E-state index in [-0.39, 0.29) is 11.7 Å². The van der Waals surface area contributed by atoms with Crippen LogP contribution in [0.25, 0.3) is 0 Å². The van der Waals surface area contributed by atoms with E-state index in [0.717, 1.165) is 11.1 Å². The number of aryl methyl sites for hydroxylation is 2. The van der Waals surface area contributed by atoms with E-state index in [4.69, 9.17) is 9.15 Å². The van der Waals surface area contributed by atoms with Gasteiger partial charge in [-0.3, -0.25) is 9.59 Å². The van der Waals surface area contributed by atoms with Crippen LogP contribution in [-0.4, -0.2) is 29.9 Å². The van der Waals surface area contributed by atoms with Crippen LogP contribution in [0, 0.1) is 19.8 Å². The maximum absolute atomic E-state index is 12.5. The monoisotopic (exact) mass is 386 g/mol. The number of furan rings is 1. The molecule has 0 aliphatic carbocycles. The van der Waals surface area contributed by atoms with Gasteiger partial charge in [0.1, 0.15) is 6.04 Å². The minimum absolute atomic E-state index is 0.0965. The molecular formula is C21H26N2O5. The number of anilines is 1. The van der Waals surface area contributed by atoms with E-state index in [1.54, 1.807) is 19.9 Å². The van der Waals surface area contributed by atoms with E-state index in [9.17, 15) is 14.4 Å². The van der Waals surface area contributed by atoms with Crippen LogP contribution >= 0.6 is 0 Å². The van der Waals surface area contributed by atoms with Crippen LogP contribution in [0.4, 0.5) is 5.69 Å². The van der Waals surface area contributed by atoms with Crippen molar-refractivity contribution in [3.8, 4) is 0 Å². The number of rotatable bonds is 7. The summed E-state index contributed by atoms with van der Waals surface area (Å²) in [6.45, 7) is 8.81. The van der Waals surface area contributed by atoms with Crippen molar-refractivity contribution in [1.82, 2.24) is 5.32 Å². The minimum Gasteiger partial charge on any atom is -0.459 e. The van der Waals surface area contributed by atoms with Gasteiger partial charge in [-0.15, -0.1) is 0 Å². The van der Waals surface area contributed by atoms with Crippen molar-refractivity contribution in [3.63, 3.8) is 0 Å². The van der Waals surface area contributed by atoms with Gasteiger partial charge in [-0.2, -0.15) is 0 Å². The van der Waals surface area contributed by atoms with E-state index >= 15 is 0 Å². The number of benzene rings is 1. The lowest BCUT2D eigenvalue weighted by molar-refractivity contribution is -0.156. The highest BCUT2D eigenvalue weighted by atomic mass is 16.5. The molecule has 0 unspecified atom stereocenters. The molecule has 150 valence electrons. The Labute approximate surface area is 164 Å². The fraction of sp³-hybridized carbons (Fsp3) is 0.381. The van der Waals surface area contributed by atoms with Crippen LogP contribution < -0.4 is 10.6 Å². The second-order valence-corrected chi connectivity index (χ2v) is 7.01. The normalized spacial score (nSPS) is 12.9. The first-order valence-electron chi connectivity index (χ1n) is 9.12. The fourth-order valence-corrected chi connectivity index (χ4v) is 2.66. The van der Waals surface area contributed by atoms with E-state index in [2.05, 4.69) is 10.6 Å². The third-order valence-electron chi connectivity index (χ3n) is 4.34. The first-order chi connectivity index (χ1) is 13.2. The highest BCUT2D eigenvalue weighted by molar-refractivity contribution is 5.97. The standard InChI is InChI=1S/C21H26N2O5/c1-12(2)17(22-20(25)16-10-7-11-27-16)21(26)28-15(5)19(24)23-18-13(3)8-6-9-14(18)4/h6-12,15,17H,1-5H3,(H,22,25)(H,23,24)/t15-,17-/m0/s1. The minimum atomic E-state index is -1.02. The molecule has 0 radical (unpaired) electrons. The zero-order valence-corrected chi connectivity index (χ0v) is 16.7. The van der Waals surface area contributed by atoms with Crippen LogP contribution in [0.5, 0.6) is 0 Å². The largest absolute Gasteiger partial charge is 0.459 e. The molecule has 0 saturated carbocycles. The van der Waals surface area contributed by atoms with E-state index in [0.29, 0.717) is 5.69 Å². The van der Waals surface area contributed by atoms with Crippen LogP contribution in [-0.2, 0) is 14.3 Å². The van der Waals surface area contributed by atoms with Gasteiger partial charge in [0.05, 0.1) is 6.26 Å². The third-order valence-corrected chi connectivity index (χ3v) is 4.34. The van der Waals surface area contributed by atoms with Crippen molar-refractivity contribution in [2.24, 2.45) is 5.92 Å². The van der Waals surface area contributed by atoms with Crippen LogP contribution in [0.15, 0.2) is 41.0 Å². The van der Waals surface area contributed by atoms with E-state index in [1.165, 1.54) is 19.3 Å². The number of carbonyl (C=O) groups is 3. The Bertz CT molecular complexity index is 822. The topological polar surface area (TPSA) is 97.6 Å². The summed E-state index contributed by atoms with van der Waals surface area (Å²) in [5.41, 5.74) is 2.53. The first kappa shape index (κ1) is 21.2. The molecule has 1 heterocycles. The van der Waals surface area contributed by atoms with Crippen molar-refractivity contribution in [1.29, 1.82) is 0 Å². The lowest BCUT2D eigenvalue weighted by atomic mass is 10.0. The van der Waals surface area contributed by atoms with Gasteiger partial charge in [-0.1, -0.05) is 32.0 Å². The zero-order chi connectivity index (χ0) is 20.8. The SMILES string of the molecule is Cc1cccc(C)c1NC(=O)[C@H](C)OC(=O)[C@@H](NC(=O)c1ccco1)C(C)C.